The molecular weight excluding hydrogens is 336 g/mol. The Labute approximate surface area is 151 Å². The Morgan fingerprint density at radius 2 is 1.77 bits per heavy atom. The van der Waals surface area contributed by atoms with Gasteiger partial charge in [-0.2, -0.15) is 10.4 Å². The van der Waals surface area contributed by atoms with Crippen molar-refractivity contribution in [1.29, 1.82) is 5.26 Å². The fraction of sp³-hybridized carbons (Fsp3) is 0.333. The fourth-order valence-corrected chi connectivity index (χ4v) is 3.28. The highest BCUT2D eigenvalue weighted by Crippen LogP contribution is 2.50. The number of fused-ring (bicyclic) bond motifs is 1. The Morgan fingerprint density at radius 1 is 1.15 bits per heavy atom. The van der Waals surface area contributed by atoms with E-state index in [4.69, 9.17) is 24.7 Å². The Morgan fingerprint density at radius 3 is 2.27 bits per heavy atom. The molecule has 1 aromatic heterocycles. The van der Waals surface area contributed by atoms with Gasteiger partial charge in [-0.25, -0.2) is 4.68 Å². The predicted octanol–water partition coefficient (Wildman–Crippen LogP) is 1.97. The molecule has 2 heterocycles. The molecule has 0 bridgehead atoms. The van der Waals surface area contributed by atoms with Crippen LogP contribution in [0.1, 0.15) is 22.7 Å². The van der Waals surface area contributed by atoms with Gasteiger partial charge in [0.05, 0.1) is 38.5 Å². The third-order valence-corrected chi connectivity index (χ3v) is 4.43. The molecule has 0 amide bonds. The summed E-state index contributed by atoms with van der Waals surface area (Å²) in [6.07, 6.45) is 0. The molecule has 1 aliphatic rings. The van der Waals surface area contributed by atoms with Crippen molar-refractivity contribution in [2.24, 2.45) is 12.8 Å². The van der Waals surface area contributed by atoms with Gasteiger partial charge < -0.3 is 24.7 Å². The molecule has 26 heavy (non-hydrogen) atoms. The highest BCUT2D eigenvalue weighted by Gasteiger charge is 2.38. The van der Waals surface area contributed by atoms with Crippen molar-refractivity contribution < 1.29 is 18.9 Å². The summed E-state index contributed by atoms with van der Waals surface area (Å²) >= 11 is 0. The summed E-state index contributed by atoms with van der Waals surface area (Å²) in [6.45, 7) is 1.86. The van der Waals surface area contributed by atoms with E-state index >= 15 is 0 Å². The van der Waals surface area contributed by atoms with Crippen molar-refractivity contribution in [3.63, 3.8) is 0 Å². The highest BCUT2D eigenvalue weighted by molar-refractivity contribution is 5.63. The molecule has 3 rings (SSSR count). The second kappa shape index (κ2) is 6.52. The van der Waals surface area contributed by atoms with Gasteiger partial charge in [-0.05, 0) is 6.92 Å². The Kier molecular flexibility index (Phi) is 4.38. The number of aromatic nitrogens is 2. The van der Waals surface area contributed by atoms with E-state index in [2.05, 4.69) is 11.2 Å². The first kappa shape index (κ1) is 17.5. The van der Waals surface area contributed by atoms with Gasteiger partial charge in [0.15, 0.2) is 0 Å². The first-order valence-electron chi connectivity index (χ1n) is 7.87. The summed E-state index contributed by atoms with van der Waals surface area (Å²) < 4.78 is 23.7. The summed E-state index contributed by atoms with van der Waals surface area (Å²) in [5.41, 5.74) is 8.45. The number of nitriles is 1. The van der Waals surface area contributed by atoms with E-state index in [0.29, 0.717) is 28.7 Å². The summed E-state index contributed by atoms with van der Waals surface area (Å²) in [7, 11) is 6.42. The van der Waals surface area contributed by atoms with Gasteiger partial charge in [0, 0.05) is 24.7 Å². The van der Waals surface area contributed by atoms with Crippen molar-refractivity contribution >= 4 is 0 Å². The van der Waals surface area contributed by atoms with Crippen LogP contribution in [0.3, 0.4) is 0 Å². The molecule has 2 N–H and O–H groups in total. The first-order chi connectivity index (χ1) is 12.5. The number of allylic oxidation sites excluding steroid dienone is 1. The molecule has 0 saturated carbocycles. The molecule has 2 aromatic rings. The third kappa shape index (κ3) is 2.49. The third-order valence-electron chi connectivity index (χ3n) is 4.43. The molecule has 136 valence electrons. The smallest absolute Gasteiger partial charge is 0.224 e. The lowest BCUT2D eigenvalue weighted by Gasteiger charge is -2.27. The molecule has 0 saturated heterocycles. The molecule has 1 unspecified atom stereocenters. The van der Waals surface area contributed by atoms with E-state index in [1.165, 1.54) is 0 Å². The van der Waals surface area contributed by atoms with Crippen molar-refractivity contribution in [2.45, 2.75) is 12.8 Å². The number of ether oxygens (including phenoxy) is 4. The molecule has 8 nitrogen and oxygen atoms in total. The monoisotopic (exact) mass is 356 g/mol. The molecule has 1 aromatic carbocycles. The average molecular weight is 356 g/mol. The van der Waals surface area contributed by atoms with E-state index in [9.17, 15) is 5.26 Å². The zero-order valence-electron chi connectivity index (χ0n) is 15.3. The van der Waals surface area contributed by atoms with Crippen LogP contribution in [0.5, 0.6) is 23.1 Å². The lowest BCUT2D eigenvalue weighted by molar-refractivity contribution is 0.349. The van der Waals surface area contributed by atoms with Crippen LogP contribution in [0.15, 0.2) is 23.6 Å². The quantitative estimate of drug-likeness (QED) is 0.893. The molecule has 8 heteroatoms. The lowest BCUT2D eigenvalue weighted by Crippen LogP contribution is -2.22. The van der Waals surface area contributed by atoms with Crippen LogP contribution in [-0.4, -0.2) is 31.1 Å². The van der Waals surface area contributed by atoms with Crippen molar-refractivity contribution in [1.82, 2.24) is 9.78 Å². The number of nitrogens with two attached hydrogens (primary N) is 1. The number of hydrogen-bond acceptors (Lipinski definition) is 7. The summed E-state index contributed by atoms with van der Waals surface area (Å²) in [4.78, 5) is 0. The molecule has 0 aliphatic carbocycles. The number of nitrogens with zero attached hydrogens (tertiary/aromatic N) is 3. The Balaban J connectivity index is 2.37. The molecule has 0 radical (unpaired) electrons. The maximum atomic E-state index is 9.74. The fourth-order valence-electron chi connectivity index (χ4n) is 3.28. The predicted molar refractivity (Wildman–Crippen MR) is 93.3 cm³/mol. The molecule has 0 spiro atoms. The van der Waals surface area contributed by atoms with E-state index in [1.54, 1.807) is 45.2 Å². The second-order valence-electron chi connectivity index (χ2n) is 5.80. The Bertz CT molecular complexity index is 914. The maximum absolute atomic E-state index is 9.74. The van der Waals surface area contributed by atoms with Gasteiger partial charge in [0.25, 0.3) is 0 Å². The van der Waals surface area contributed by atoms with Crippen LogP contribution < -0.4 is 24.7 Å². The number of rotatable bonds is 4. The zero-order valence-corrected chi connectivity index (χ0v) is 15.3. The lowest BCUT2D eigenvalue weighted by atomic mass is 9.83. The SMILES string of the molecule is COc1cc(OC)c(C2C(C#N)=C(N)Oc3c2c(C)nn3C)c(OC)c1. The minimum absolute atomic E-state index is 0.0351. The minimum atomic E-state index is -0.534. The van der Waals surface area contributed by atoms with E-state index in [0.717, 1.165) is 11.3 Å². The van der Waals surface area contributed by atoms with Gasteiger partial charge in [0.2, 0.25) is 11.8 Å². The second-order valence-corrected chi connectivity index (χ2v) is 5.80. The maximum Gasteiger partial charge on any atom is 0.224 e. The van der Waals surface area contributed by atoms with Gasteiger partial charge >= 0.3 is 0 Å². The van der Waals surface area contributed by atoms with E-state index < -0.39 is 5.92 Å². The average Bonchev–Trinajstić information content (AvgIpc) is 2.92. The van der Waals surface area contributed by atoms with Crippen LogP contribution in [0.2, 0.25) is 0 Å². The van der Waals surface area contributed by atoms with Crippen molar-refractivity contribution in [2.75, 3.05) is 21.3 Å². The highest BCUT2D eigenvalue weighted by atomic mass is 16.5. The standard InChI is InChI=1S/C18H20N4O4/c1-9-14-15(11(8-19)17(20)26-18(14)22(2)21-9)16-12(24-4)6-10(23-3)7-13(16)25-5/h6-7,15H,20H2,1-5H3. The largest absolute Gasteiger partial charge is 0.496 e. The number of aryl methyl sites for hydroxylation is 2. The van der Waals surface area contributed by atoms with Crippen LogP contribution in [-0.2, 0) is 7.05 Å². The molecule has 1 aliphatic heterocycles. The number of hydrogen-bond donors (Lipinski definition) is 1. The normalized spacial score (nSPS) is 15.8. The van der Waals surface area contributed by atoms with Crippen LogP contribution in [0.25, 0.3) is 0 Å². The van der Waals surface area contributed by atoms with Gasteiger partial charge in [-0.3, -0.25) is 0 Å². The number of methoxy groups -OCH3 is 3. The molecule has 0 fully saturated rings. The summed E-state index contributed by atoms with van der Waals surface area (Å²) in [5, 5.41) is 14.2. The van der Waals surface area contributed by atoms with Crippen LogP contribution in [0.4, 0.5) is 0 Å². The molecular formula is C18H20N4O4. The molecule has 1 atom stereocenters. The van der Waals surface area contributed by atoms with Crippen molar-refractivity contribution in [3.05, 3.63) is 40.4 Å². The minimum Gasteiger partial charge on any atom is -0.496 e. The topological polar surface area (TPSA) is 105 Å². The van der Waals surface area contributed by atoms with E-state index in [1.807, 2.05) is 6.92 Å². The van der Waals surface area contributed by atoms with Gasteiger partial charge in [-0.15, -0.1) is 0 Å². The first-order valence-corrected chi connectivity index (χ1v) is 7.87. The zero-order chi connectivity index (χ0) is 19.0. The summed E-state index contributed by atoms with van der Waals surface area (Å²) in [5.74, 6) is 1.60. The van der Waals surface area contributed by atoms with Gasteiger partial charge in [0.1, 0.15) is 28.9 Å². The van der Waals surface area contributed by atoms with Crippen LogP contribution >= 0.6 is 0 Å². The summed E-state index contributed by atoms with van der Waals surface area (Å²) in [6, 6.07) is 5.64. The van der Waals surface area contributed by atoms with Crippen molar-refractivity contribution in [3.8, 4) is 29.2 Å². The van der Waals surface area contributed by atoms with Crippen LogP contribution in [0, 0.1) is 18.3 Å². The van der Waals surface area contributed by atoms with E-state index in [-0.39, 0.29) is 11.5 Å². The Hall–Kier alpha value is -3.34. The number of benzene rings is 1. The van der Waals surface area contributed by atoms with Gasteiger partial charge in [-0.1, -0.05) is 0 Å².